The summed E-state index contributed by atoms with van der Waals surface area (Å²) in [6, 6.07) is 0. The van der Waals surface area contributed by atoms with Crippen LogP contribution < -0.4 is 16.4 Å². The molecule has 0 amide bonds. The highest BCUT2D eigenvalue weighted by Gasteiger charge is 2.54. The number of ether oxygens (including phenoxy) is 1. The number of H-pyrrole nitrogens is 1. The molecule has 5 atom stereocenters. The predicted molar refractivity (Wildman–Crippen MR) is 137 cm³/mol. The zero-order chi connectivity index (χ0) is 29.2. The number of hydrogen-bond donors (Lipinski definition) is 7. The Balaban J connectivity index is 1.70. The maximum absolute atomic E-state index is 13.2. The molecular formula is C20H31N6O11PS. The molecule has 218 valence electrons. The van der Waals surface area contributed by atoms with E-state index in [0.717, 1.165) is 11.8 Å². The van der Waals surface area contributed by atoms with E-state index in [1.807, 2.05) is 0 Å². The summed E-state index contributed by atoms with van der Waals surface area (Å²) in [7, 11) is -4.30. The van der Waals surface area contributed by atoms with Gasteiger partial charge in [0.05, 0.1) is 31.6 Å². The first-order chi connectivity index (χ1) is 18.1. The maximum atomic E-state index is 13.2. The first kappa shape index (κ1) is 31.1. The number of carbonyl (C=O) groups excluding carboxylic acids is 1. The number of thioether (sulfide) groups is 1. The van der Waals surface area contributed by atoms with E-state index < -0.39 is 61.9 Å². The fourth-order valence-corrected chi connectivity index (χ4v) is 5.70. The molecule has 1 fully saturated rings. The van der Waals surface area contributed by atoms with Crippen molar-refractivity contribution >= 4 is 47.7 Å². The molecule has 3 heterocycles. The Bertz CT molecular complexity index is 1310. The van der Waals surface area contributed by atoms with Crippen LogP contribution in [0.15, 0.2) is 11.1 Å². The van der Waals surface area contributed by atoms with Gasteiger partial charge in [-0.2, -0.15) is 4.98 Å². The van der Waals surface area contributed by atoms with Crippen LogP contribution in [-0.2, 0) is 27.9 Å². The standard InChI is InChI=1S/C20H31N6O11PS/c1-19(2,8-27)17(32)39-5-4-35-38(34,23-6-11(28)29)36-7-10-13(30)20(3,33)16(37-10)26-9-22-12-14(26)24-18(21)25-15(12)31/h9-10,13,16,27,30,33H,4-8H2,1-3H3,(H,23,34)(H,28,29)(H3,21,24,25,31)/t10-,13?,16-,20-,38?/m1/s1. The van der Waals surface area contributed by atoms with Gasteiger partial charge in [-0.25, -0.2) is 14.6 Å². The van der Waals surface area contributed by atoms with Crippen molar-refractivity contribution in [3.05, 3.63) is 16.7 Å². The second-order valence-corrected chi connectivity index (χ2v) is 12.4. The number of nitrogens with two attached hydrogens (primary N) is 1. The van der Waals surface area contributed by atoms with E-state index in [0.29, 0.717) is 0 Å². The quantitative estimate of drug-likeness (QED) is 0.106. The molecule has 3 rings (SSSR count). The average molecular weight is 595 g/mol. The van der Waals surface area contributed by atoms with Crippen molar-refractivity contribution in [3.63, 3.8) is 0 Å². The summed E-state index contributed by atoms with van der Waals surface area (Å²) < 4.78 is 30.7. The molecule has 0 saturated carbocycles. The molecule has 17 nitrogen and oxygen atoms in total. The van der Waals surface area contributed by atoms with Gasteiger partial charge in [-0.15, -0.1) is 0 Å². The number of aromatic nitrogens is 4. The molecule has 0 radical (unpaired) electrons. The molecule has 2 aromatic heterocycles. The number of imidazole rings is 1. The number of nitrogens with one attached hydrogen (secondary N) is 2. The third-order valence-corrected chi connectivity index (χ3v) is 8.56. The summed E-state index contributed by atoms with van der Waals surface area (Å²) in [5.41, 5.74) is 1.89. The Morgan fingerprint density at radius 3 is 2.74 bits per heavy atom. The van der Waals surface area contributed by atoms with Crippen molar-refractivity contribution in [3.8, 4) is 0 Å². The minimum absolute atomic E-state index is 0.0205. The topological polar surface area (TPSA) is 261 Å². The number of aliphatic hydroxyl groups excluding tert-OH is 2. The van der Waals surface area contributed by atoms with Crippen LogP contribution in [0.4, 0.5) is 5.95 Å². The number of aliphatic hydroxyl groups is 3. The summed E-state index contributed by atoms with van der Waals surface area (Å²) in [5.74, 6) is -1.55. The lowest BCUT2D eigenvalue weighted by Crippen LogP contribution is -2.44. The maximum Gasteiger partial charge on any atom is 0.406 e. The highest BCUT2D eigenvalue weighted by molar-refractivity contribution is 8.13. The molecular weight excluding hydrogens is 563 g/mol. The van der Waals surface area contributed by atoms with E-state index in [-0.39, 0.29) is 41.2 Å². The molecule has 19 heteroatoms. The summed E-state index contributed by atoms with van der Waals surface area (Å²) in [6.45, 7) is 2.28. The third kappa shape index (κ3) is 7.03. The van der Waals surface area contributed by atoms with Crippen LogP contribution >= 0.6 is 19.5 Å². The zero-order valence-corrected chi connectivity index (χ0v) is 23.0. The van der Waals surface area contributed by atoms with Gasteiger partial charge < -0.3 is 30.9 Å². The molecule has 0 spiro atoms. The van der Waals surface area contributed by atoms with Gasteiger partial charge in [0.2, 0.25) is 5.95 Å². The van der Waals surface area contributed by atoms with Crippen LogP contribution in [-0.4, -0.2) is 101 Å². The van der Waals surface area contributed by atoms with Crippen molar-refractivity contribution < 1.29 is 48.4 Å². The van der Waals surface area contributed by atoms with Crippen molar-refractivity contribution in [2.75, 3.05) is 37.9 Å². The van der Waals surface area contributed by atoms with Crippen LogP contribution in [0.2, 0.25) is 0 Å². The minimum atomic E-state index is -4.30. The van der Waals surface area contributed by atoms with E-state index in [1.54, 1.807) is 13.8 Å². The monoisotopic (exact) mass is 594 g/mol. The normalized spacial score (nSPS) is 25.1. The number of carboxylic acid groups (broad SMARTS) is 1. The number of nitrogen functional groups attached to an aromatic ring is 1. The molecule has 1 saturated heterocycles. The van der Waals surface area contributed by atoms with Crippen LogP contribution in [0.5, 0.6) is 0 Å². The van der Waals surface area contributed by atoms with Crippen molar-refractivity contribution in [1.29, 1.82) is 0 Å². The van der Waals surface area contributed by atoms with E-state index in [2.05, 4.69) is 20.0 Å². The fourth-order valence-electron chi connectivity index (χ4n) is 3.51. The van der Waals surface area contributed by atoms with Crippen LogP contribution in [0.1, 0.15) is 27.0 Å². The minimum Gasteiger partial charge on any atom is -0.480 e. The van der Waals surface area contributed by atoms with Gasteiger partial charge in [-0.05, 0) is 20.8 Å². The second-order valence-electron chi connectivity index (χ2n) is 9.51. The molecule has 2 aromatic rings. The number of carboxylic acids is 1. The van der Waals surface area contributed by atoms with Gasteiger partial charge in [0.15, 0.2) is 22.5 Å². The first-order valence-electron chi connectivity index (χ1n) is 11.5. The molecule has 0 bridgehead atoms. The molecule has 8 N–H and O–H groups in total. The molecule has 2 unspecified atom stereocenters. The SMILES string of the molecule is CC(C)(CO)C(=O)SCCOP(=O)(NCC(=O)O)OC[C@H]1O[C@@H](n2cnc3c(=O)[nH]c(N)nc32)[C@](C)(O)C1O. The number of fused-ring (bicyclic) bond motifs is 1. The van der Waals surface area contributed by atoms with Gasteiger partial charge in [0.25, 0.3) is 5.56 Å². The highest BCUT2D eigenvalue weighted by atomic mass is 32.2. The van der Waals surface area contributed by atoms with Crippen molar-refractivity contribution in [1.82, 2.24) is 24.6 Å². The largest absolute Gasteiger partial charge is 0.480 e. The van der Waals surface area contributed by atoms with Crippen molar-refractivity contribution in [2.45, 2.75) is 44.8 Å². The Hall–Kier alpha value is -2.41. The smallest absolute Gasteiger partial charge is 0.406 e. The summed E-state index contributed by atoms with van der Waals surface area (Å²) in [6.07, 6.45) is -3.07. The Morgan fingerprint density at radius 1 is 1.41 bits per heavy atom. The van der Waals surface area contributed by atoms with Gasteiger partial charge in [-0.1, -0.05) is 11.8 Å². The third-order valence-electron chi connectivity index (χ3n) is 5.82. The lowest BCUT2D eigenvalue weighted by atomic mass is 9.96. The number of anilines is 1. The van der Waals surface area contributed by atoms with Crippen LogP contribution in [0.3, 0.4) is 0 Å². The van der Waals surface area contributed by atoms with Crippen LogP contribution in [0, 0.1) is 5.41 Å². The first-order valence-corrected chi connectivity index (χ1v) is 14.1. The van der Waals surface area contributed by atoms with Crippen LogP contribution in [0.25, 0.3) is 11.2 Å². The molecule has 0 aliphatic carbocycles. The second kappa shape index (κ2) is 12.0. The zero-order valence-electron chi connectivity index (χ0n) is 21.3. The number of hydrogen-bond acceptors (Lipinski definition) is 14. The van der Waals surface area contributed by atoms with Gasteiger partial charge in [-0.3, -0.25) is 33.0 Å². The Morgan fingerprint density at radius 2 is 2.10 bits per heavy atom. The lowest BCUT2D eigenvalue weighted by molar-refractivity contribution is -0.135. The molecule has 39 heavy (non-hydrogen) atoms. The molecule has 1 aliphatic heterocycles. The number of nitrogens with zero attached hydrogens (tertiary/aromatic N) is 3. The number of rotatable bonds is 13. The summed E-state index contributed by atoms with van der Waals surface area (Å²) in [4.78, 5) is 45.5. The number of aliphatic carboxylic acids is 1. The van der Waals surface area contributed by atoms with Gasteiger partial charge >= 0.3 is 13.7 Å². The summed E-state index contributed by atoms with van der Waals surface area (Å²) in [5, 5.41) is 41.9. The molecule has 1 aliphatic rings. The van der Waals surface area contributed by atoms with E-state index in [1.165, 1.54) is 17.8 Å². The number of carbonyl (C=O) groups is 2. The Kier molecular flexibility index (Phi) is 9.57. The number of aromatic amines is 1. The Labute approximate surface area is 225 Å². The highest BCUT2D eigenvalue weighted by Crippen LogP contribution is 2.46. The van der Waals surface area contributed by atoms with E-state index in [9.17, 15) is 34.3 Å². The lowest BCUT2D eigenvalue weighted by Gasteiger charge is -2.27. The van der Waals surface area contributed by atoms with Gasteiger partial charge in [0.1, 0.15) is 24.4 Å². The fraction of sp³-hybridized carbons (Fsp3) is 0.650. The van der Waals surface area contributed by atoms with Gasteiger partial charge in [0, 0.05) is 5.75 Å². The van der Waals surface area contributed by atoms with Crippen molar-refractivity contribution in [2.24, 2.45) is 5.41 Å². The molecule has 0 aromatic carbocycles. The van der Waals surface area contributed by atoms with E-state index >= 15 is 0 Å². The average Bonchev–Trinajstić information content (AvgIpc) is 3.37. The van der Waals surface area contributed by atoms with E-state index in [4.69, 9.17) is 24.6 Å². The summed E-state index contributed by atoms with van der Waals surface area (Å²) >= 11 is 0.828. The predicted octanol–water partition coefficient (Wildman–Crippen LogP) is -1.20.